The summed E-state index contributed by atoms with van der Waals surface area (Å²) in [5, 5.41) is 11.8. The third kappa shape index (κ3) is 10.3. The van der Waals surface area contributed by atoms with Crippen molar-refractivity contribution in [3.8, 4) is 0 Å². The first-order valence-corrected chi connectivity index (χ1v) is 13.1. The molecule has 0 aliphatic carbocycles. The monoisotopic (exact) mass is 535 g/mol. The van der Waals surface area contributed by atoms with Crippen LogP contribution >= 0.6 is 0 Å². The van der Waals surface area contributed by atoms with Crippen LogP contribution in [0.25, 0.3) is 0 Å². The number of carbonyl (C=O) groups is 4. The van der Waals surface area contributed by atoms with E-state index in [-0.39, 0.29) is 63.1 Å². The lowest BCUT2D eigenvalue weighted by Crippen LogP contribution is -2.46. The van der Waals surface area contributed by atoms with Crippen molar-refractivity contribution in [2.45, 2.75) is 19.3 Å². The highest BCUT2D eigenvalue weighted by atomic mass is 19.1. The summed E-state index contributed by atoms with van der Waals surface area (Å²) in [7, 11) is 0. The van der Waals surface area contributed by atoms with Gasteiger partial charge in [0.2, 0.25) is 17.7 Å². The molecule has 0 unspecified atom stereocenters. The van der Waals surface area contributed by atoms with E-state index in [2.05, 4.69) is 21.3 Å². The van der Waals surface area contributed by atoms with Crippen molar-refractivity contribution in [1.29, 1.82) is 0 Å². The molecular weight excluding hydrogens is 497 g/mol. The molecule has 38 heavy (non-hydrogen) atoms. The van der Waals surface area contributed by atoms with Gasteiger partial charge in [-0.1, -0.05) is 0 Å². The highest BCUT2D eigenvalue weighted by Gasteiger charge is 2.27. The lowest BCUT2D eigenvalue weighted by molar-refractivity contribution is -0.140. The molecule has 0 saturated carbocycles. The number of hydrogen-bond acceptors (Lipinski definition) is 7. The summed E-state index contributed by atoms with van der Waals surface area (Å²) in [6, 6.07) is 5.13. The van der Waals surface area contributed by atoms with Crippen molar-refractivity contribution in [2.75, 3.05) is 72.2 Å². The molecule has 2 aliphatic heterocycles. The summed E-state index contributed by atoms with van der Waals surface area (Å²) < 4.78 is 24.0. The fraction of sp³-hybridized carbons (Fsp3) is 0.615. The summed E-state index contributed by atoms with van der Waals surface area (Å²) in [6.07, 6.45) is 2.05. The average Bonchev–Trinajstić information content (AvgIpc) is 2.90. The first-order valence-electron chi connectivity index (χ1n) is 13.1. The number of nitrogens with zero attached hydrogens (tertiary/aromatic N) is 1. The first kappa shape index (κ1) is 29.5. The predicted octanol–water partition coefficient (Wildman–Crippen LogP) is -0.331. The topological polar surface area (TPSA) is 138 Å². The average molecular weight is 536 g/mol. The number of fused-ring (bicyclic) bond motifs is 1. The minimum absolute atomic E-state index is 0.00328. The van der Waals surface area contributed by atoms with E-state index in [9.17, 15) is 23.6 Å². The third-order valence-corrected chi connectivity index (χ3v) is 6.68. The number of hydrogen-bond donors (Lipinski definition) is 4. The van der Waals surface area contributed by atoms with Crippen LogP contribution in [0.15, 0.2) is 24.3 Å². The van der Waals surface area contributed by atoms with E-state index >= 15 is 0 Å². The quantitative estimate of drug-likeness (QED) is 0.414. The number of carbonyl (C=O) groups excluding carboxylic acids is 4. The summed E-state index contributed by atoms with van der Waals surface area (Å²) >= 11 is 0. The summed E-state index contributed by atoms with van der Waals surface area (Å²) in [5.41, 5.74) is 0.293. The Morgan fingerprint density at radius 1 is 0.947 bits per heavy atom. The van der Waals surface area contributed by atoms with Crippen molar-refractivity contribution >= 4 is 23.6 Å². The minimum atomic E-state index is -0.442. The fourth-order valence-electron chi connectivity index (χ4n) is 4.55. The molecule has 0 radical (unpaired) electrons. The van der Waals surface area contributed by atoms with E-state index in [4.69, 9.17) is 9.47 Å². The third-order valence-electron chi connectivity index (χ3n) is 6.68. The first-order chi connectivity index (χ1) is 18.4. The van der Waals surface area contributed by atoms with Gasteiger partial charge in [0.25, 0.3) is 5.91 Å². The molecule has 2 aliphatic rings. The van der Waals surface area contributed by atoms with Gasteiger partial charge in [0.05, 0.1) is 26.4 Å². The van der Waals surface area contributed by atoms with E-state index < -0.39 is 17.6 Å². The molecule has 0 bridgehead atoms. The number of nitrogens with one attached hydrogen (secondary N) is 4. The van der Waals surface area contributed by atoms with Crippen LogP contribution in [-0.2, 0) is 23.9 Å². The van der Waals surface area contributed by atoms with Crippen molar-refractivity contribution in [3.63, 3.8) is 0 Å². The van der Waals surface area contributed by atoms with Gasteiger partial charge in [0.1, 0.15) is 12.4 Å². The van der Waals surface area contributed by atoms with E-state index in [1.54, 1.807) is 0 Å². The van der Waals surface area contributed by atoms with E-state index in [1.807, 2.05) is 0 Å². The summed E-state index contributed by atoms with van der Waals surface area (Å²) in [5.74, 6) is -1.08. The minimum Gasteiger partial charge on any atom is -0.377 e. The van der Waals surface area contributed by atoms with Crippen LogP contribution in [0.3, 0.4) is 0 Å². The Hall–Kier alpha value is -3.09. The van der Waals surface area contributed by atoms with Gasteiger partial charge in [-0.05, 0) is 62.0 Å². The van der Waals surface area contributed by atoms with Crippen molar-refractivity contribution in [2.24, 2.45) is 11.8 Å². The molecule has 1 aromatic carbocycles. The standard InChI is InChI=1S/C26H38FN5O6/c27-22-3-1-19(2-4-22)26(36)31-9-11-32-17-24(34)29-8-6-21-16-28-7-5-20(21)15-23(33)30-10-12-37-13-14-38-18-25(32)35/h1-4,20-21,28H,5-18H2,(H,29,34)(H,30,33)(H,31,36)/t20-,21-/m0/s1. The van der Waals surface area contributed by atoms with Crippen LogP contribution in [-0.4, -0.2) is 101 Å². The molecule has 2 saturated heterocycles. The molecule has 2 atom stereocenters. The second-order valence-corrected chi connectivity index (χ2v) is 9.45. The van der Waals surface area contributed by atoms with Crippen LogP contribution in [0.4, 0.5) is 4.39 Å². The molecule has 11 nitrogen and oxygen atoms in total. The number of halogens is 1. The van der Waals surface area contributed by atoms with Gasteiger partial charge in [0, 0.05) is 38.2 Å². The van der Waals surface area contributed by atoms with Crippen LogP contribution in [0.1, 0.15) is 29.6 Å². The molecular formula is C26H38FN5O6. The van der Waals surface area contributed by atoms with Gasteiger partial charge in [0.15, 0.2) is 0 Å². The lowest BCUT2D eigenvalue weighted by atomic mass is 9.81. The molecule has 4 amide bonds. The summed E-state index contributed by atoms with van der Waals surface area (Å²) in [6.45, 7) is 3.04. The number of rotatable bonds is 4. The molecule has 0 aromatic heterocycles. The molecule has 12 heteroatoms. The Kier molecular flexibility index (Phi) is 12.4. The van der Waals surface area contributed by atoms with Crippen molar-refractivity contribution < 1.29 is 33.0 Å². The maximum atomic E-state index is 13.1. The maximum absolute atomic E-state index is 13.1. The Labute approximate surface area is 222 Å². The Morgan fingerprint density at radius 2 is 1.68 bits per heavy atom. The van der Waals surface area contributed by atoms with Gasteiger partial charge < -0.3 is 35.6 Å². The number of amides is 4. The fourth-order valence-corrected chi connectivity index (χ4v) is 4.55. The van der Waals surface area contributed by atoms with E-state index in [1.165, 1.54) is 29.2 Å². The lowest BCUT2D eigenvalue weighted by Gasteiger charge is -2.32. The van der Waals surface area contributed by atoms with Crippen LogP contribution < -0.4 is 21.3 Å². The van der Waals surface area contributed by atoms with E-state index in [0.29, 0.717) is 38.1 Å². The second kappa shape index (κ2) is 16.0. The Balaban J connectivity index is 1.55. The van der Waals surface area contributed by atoms with Gasteiger partial charge in [-0.25, -0.2) is 4.39 Å². The second-order valence-electron chi connectivity index (χ2n) is 9.45. The van der Waals surface area contributed by atoms with E-state index in [0.717, 1.165) is 19.5 Å². The van der Waals surface area contributed by atoms with Gasteiger partial charge >= 0.3 is 0 Å². The zero-order valence-electron chi connectivity index (χ0n) is 21.6. The van der Waals surface area contributed by atoms with Crippen LogP contribution in [0.5, 0.6) is 0 Å². The Bertz CT molecular complexity index is 931. The van der Waals surface area contributed by atoms with Gasteiger partial charge in [-0.3, -0.25) is 19.2 Å². The molecule has 1 aromatic rings. The molecule has 2 heterocycles. The molecule has 3 rings (SSSR count). The van der Waals surface area contributed by atoms with Gasteiger partial charge in [-0.2, -0.15) is 0 Å². The summed E-state index contributed by atoms with van der Waals surface area (Å²) in [4.78, 5) is 51.5. The highest BCUT2D eigenvalue weighted by molar-refractivity contribution is 5.94. The number of ether oxygens (including phenoxy) is 2. The smallest absolute Gasteiger partial charge is 0.251 e. The van der Waals surface area contributed by atoms with Crippen molar-refractivity contribution in [1.82, 2.24) is 26.2 Å². The van der Waals surface area contributed by atoms with Crippen LogP contribution in [0.2, 0.25) is 0 Å². The maximum Gasteiger partial charge on any atom is 0.251 e. The molecule has 210 valence electrons. The molecule has 4 N–H and O–H groups in total. The number of piperidine rings is 1. The Morgan fingerprint density at radius 3 is 2.50 bits per heavy atom. The van der Waals surface area contributed by atoms with Crippen LogP contribution in [0, 0.1) is 17.7 Å². The highest BCUT2D eigenvalue weighted by Crippen LogP contribution is 2.25. The van der Waals surface area contributed by atoms with Crippen molar-refractivity contribution in [3.05, 3.63) is 35.6 Å². The molecule has 0 spiro atoms. The largest absolute Gasteiger partial charge is 0.377 e. The van der Waals surface area contributed by atoms with Gasteiger partial charge in [-0.15, -0.1) is 0 Å². The normalized spacial score (nSPS) is 23.2. The zero-order valence-corrected chi connectivity index (χ0v) is 21.6. The number of benzene rings is 1. The zero-order chi connectivity index (χ0) is 27.2. The SMILES string of the molecule is O=C1C[C@@H]2CCNC[C@@H]2CCNC(=O)CN(CCNC(=O)c2ccc(F)cc2)C(=O)COCCOCCN1. The predicted molar refractivity (Wildman–Crippen MR) is 137 cm³/mol. The molecule has 2 fully saturated rings.